The van der Waals surface area contributed by atoms with Crippen molar-refractivity contribution >= 4 is 11.6 Å². The second kappa shape index (κ2) is 7.97. The first-order chi connectivity index (χ1) is 13.1. The van der Waals surface area contributed by atoms with Crippen LogP contribution in [-0.4, -0.2) is 51.1 Å². The Balaban J connectivity index is 1.56. The van der Waals surface area contributed by atoms with Crippen LogP contribution >= 0.6 is 0 Å². The normalized spacial score (nSPS) is 22.0. The topological polar surface area (TPSA) is 62.5 Å². The molecular formula is C21H31N5O. The maximum Gasteiger partial charge on any atom is 0.256 e. The predicted molar refractivity (Wildman–Crippen MR) is 106 cm³/mol. The number of likely N-dealkylation sites (tertiary alicyclic amines) is 1. The van der Waals surface area contributed by atoms with Crippen LogP contribution in [0.2, 0.25) is 0 Å². The quantitative estimate of drug-likeness (QED) is 0.879. The van der Waals surface area contributed by atoms with Gasteiger partial charge >= 0.3 is 0 Å². The highest BCUT2D eigenvalue weighted by molar-refractivity contribution is 5.99. The number of carbonyl (C=O) groups excluding carboxylic acids is 1. The second-order valence-corrected chi connectivity index (χ2v) is 8.54. The van der Waals surface area contributed by atoms with Crippen molar-refractivity contribution in [2.75, 3.05) is 19.6 Å². The zero-order valence-electron chi connectivity index (χ0n) is 16.5. The Bertz CT molecular complexity index is 793. The van der Waals surface area contributed by atoms with Crippen LogP contribution in [0.15, 0.2) is 18.5 Å². The lowest BCUT2D eigenvalue weighted by atomic mass is 9.93. The van der Waals surface area contributed by atoms with Crippen molar-refractivity contribution in [3.05, 3.63) is 29.7 Å². The van der Waals surface area contributed by atoms with Gasteiger partial charge in [0.2, 0.25) is 0 Å². The lowest BCUT2D eigenvalue weighted by molar-refractivity contribution is 0.0950. The van der Waals surface area contributed by atoms with Crippen molar-refractivity contribution in [3.63, 3.8) is 0 Å². The second-order valence-electron chi connectivity index (χ2n) is 8.54. The van der Waals surface area contributed by atoms with Gasteiger partial charge in [0.1, 0.15) is 5.56 Å². The van der Waals surface area contributed by atoms with E-state index in [0.717, 1.165) is 12.6 Å². The van der Waals surface area contributed by atoms with Crippen molar-refractivity contribution in [2.45, 2.75) is 64.3 Å². The van der Waals surface area contributed by atoms with Crippen LogP contribution in [0.5, 0.6) is 0 Å². The molecule has 1 saturated heterocycles. The molecule has 146 valence electrons. The Morgan fingerprint density at radius 1 is 1.26 bits per heavy atom. The van der Waals surface area contributed by atoms with Crippen molar-refractivity contribution in [1.29, 1.82) is 0 Å². The molecule has 6 heteroatoms. The van der Waals surface area contributed by atoms with Crippen LogP contribution < -0.4 is 5.32 Å². The number of hydrogen-bond donors (Lipinski definition) is 1. The fourth-order valence-electron chi connectivity index (χ4n) is 4.62. The number of carbonyl (C=O) groups is 1. The van der Waals surface area contributed by atoms with Gasteiger partial charge in [-0.25, -0.2) is 9.50 Å². The maximum atomic E-state index is 12.5. The fraction of sp³-hybridized carbons (Fsp3) is 0.667. The van der Waals surface area contributed by atoms with Crippen LogP contribution in [0.25, 0.3) is 5.65 Å². The number of piperidine rings is 1. The van der Waals surface area contributed by atoms with E-state index in [1.165, 1.54) is 50.8 Å². The van der Waals surface area contributed by atoms with Crippen molar-refractivity contribution in [1.82, 2.24) is 24.8 Å². The average molecular weight is 370 g/mol. The lowest BCUT2D eigenvalue weighted by Gasteiger charge is -2.36. The van der Waals surface area contributed by atoms with Gasteiger partial charge < -0.3 is 5.32 Å². The Kier molecular flexibility index (Phi) is 5.43. The van der Waals surface area contributed by atoms with Gasteiger partial charge in [-0.2, -0.15) is 5.10 Å². The number of nitrogens with one attached hydrogen (secondary N) is 1. The summed E-state index contributed by atoms with van der Waals surface area (Å²) in [6.07, 6.45) is 11.4. The molecule has 0 radical (unpaired) electrons. The first kappa shape index (κ1) is 18.4. The maximum absolute atomic E-state index is 12.5. The van der Waals surface area contributed by atoms with Gasteiger partial charge in [-0.05, 0) is 44.2 Å². The first-order valence-electron chi connectivity index (χ1n) is 10.5. The molecule has 1 aliphatic heterocycles. The molecule has 4 rings (SSSR count). The van der Waals surface area contributed by atoms with E-state index in [9.17, 15) is 4.79 Å². The van der Waals surface area contributed by atoms with Gasteiger partial charge in [-0.15, -0.1) is 0 Å². The highest BCUT2D eigenvalue weighted by Crippen LogP contribution is 2.32. The zero-order chi connectivity index (χ0) is 18.8. The number of nitrogens with zero attached hydrogens (tertiary/aromatic N) is 4. The molecule has 0 spiro atoms. The third kappa shape index (κ3) is 3.86. The summed E-state index contributed by atoms with van der Waals surface area (Å²) in [5.74, 6) is 0.791. The summed E-state index contributed by atoms with van der Waals surface area (Å²) in [4.78, 5) is 19.7. The molecule has 27 heavy (non-hydrogen) atoms. The summed E-state index contributed by atoms with van der Waals surface area (Å²) in [7, 11) is 0. The van der Waals surface area contributed by atoms with Crippen molar-refractivity contribution in [2.24, 2.45) is 5.92 Å². The van der Waals surface area contributed by atoms with Gasteiger partial charge in [-0.3, -0.25) is 9.69 Å². The minimum Gasteiger partial charge on any atom is -0.352 e. The summed E-state index contributed by atoms with van der Waals surface area (Å²) >= 11 is 0. The summed E-state index contributed by atoms with van der Waals surface area (Å²) in [6.45, 7) is 7.16. The van der Waals surface area contributed by atoms with E-state index < -0.39 is 0 Å². The number of amides is 1. The Morgan fingerprint density at radius 3 is 2.85 bits per heavy atom. The van der Waals surface area contributed by atoms with Crippen LogP contribution in [0, 0.1) is 5.92 Å². The van der Waals surface area contributed by atoms with Gasteiger partial charge in [0, 0.05) is 31.2 Å². The van der Waals surface area contributed by atoms with Crippen LogP contribution in [-0.2, 0) is 0 Å². The summed E-state index contributed by atoms with van der Waals surface area (Å²) < 4.78 is 1.90. The van der Waals surface area contributed by atoms with Crippen LogP contribution in [0.3, 0.4) is 0 Å². The number of aromatic nitrogens is 3. The van der Waals surface area contributed by atoms with Crippen molar-refractivity contribution < 1.29 is 4.79 Å². The highest BCUT2D eigenvalue weighted by Gasteiger charge is 2.30. The highest BCUT2D eigenvalue weighted by atomic mass is 16.1. The molecule has 1 aliphatic carbocycles. The molecule has 1 N–H and O–H groups in total. The van der Waals surface area contributed by atoms with Crippen LogP contribution in [0.1, 0.15) is 74.3 Å². The summed E-state index contributed by atoms with van der Waals surface area (Å²) in [6, 6.07) is 2.85. The molecule has 1 saturated carbocycles. The first-order valence-corrected chi connectivity index (χ1v) is 10.5. The Labute approximate surface area is 161 Å². The van der Waals surface area contributed by atoms with Gasteiger partial charge in [0.25, 0.3) is 5.91 Å². The average Bonchev–Trinajstić information content (AvgIpc) is 3.36. The van der Waals surface area contributed by atoms with E-state index in [0.29, 0.717) is 29.6 Å². The summed E-state index contributed by atoms with van der Waals surface area (Å²) in [5.41, 5.74) is 2.43. The number of rotatable bonds is 5. The smallest absolute Gasteiger partial charge is 0.256 e. The molecule has 0 unspecified atom stereocenters. The third-order valence-corrected chi connectivity index (χ3v) is 6.06. The molecular weight excluding hydrogens is 338 g/mol. The predicted octanol–water partition coefficient (Wildman–Crippen LogP) is 3.24. The molecule has 2 aliphatic rings. The standard InChI is InChI=1S/C21H31N5O/c1-15(2)12-23-21(27)18-13-24-26-19(9-10-22-20(18)26)16-6-5-11-25(14-16)17-7-3-4-8-17/h9-10,13,15-17H,3-8,11-12,14H2,1-2H3,(H,23,27)/t16-/m1/s1. The van der Waals surface area contributed by atoms with Crippen LogP contribution in [0.4, 0.5) is 0 Å². The Hall–Kier alpha value is -1.95. The monoisotopic (exact) mass is 369 g/mol. The minimum atomic E-state index is -0.0837. The van der Waals surface area contributed by atoms with Crippen molar-refractivity contribution in [3.8, 4) is 0 Å². The molecule has 1 atom stereocenters. The molecule has 2 aromatic rings. The van der Waals surface area contributed by atoms with Gasteiger partial charge in [-0.1, -0.05) is 26.7 Å². The SMILES string of the molecule is CC(C)CNC(=O)c1cnn2c([C@@H]3CCCN(C4CCCC4)C3)ccnc12. The lowest BCUT2D eigenvalue weighted by Crippen LogP contribution is -2.41. The van der Waals surface area contributed by atoms with E-state index in [-0.39, 0.29) is 5.91 Å². The van der Waals surface area contributed by atoms with E-state index in [4.69, 9.17) is 0 Å². The van der Waals surface area contributed by atoms with E-state index in [1.54, 1.807) is 6.20 Å². The third-order valence-electron chi connectivity index (χ3n) is 6.06. The summed E-state index contributed by atoms with van der Waals surface area (Å²) in [5, 5.41) is 7.52. The molecule has 0 bridgehead atoms. The molecule has 2 fully saturated rings. The number of hydrogen-bond acceptors (Lipinski definition) is 4. The Morgan fingerprint density at radius 2 is 2.07 bits per heavy atom. The zero-order valence-corrected chi connectivity index (χ0v) is 16.5. The molecule has 0 aromatic carbocycles. The number of fused-ring (bicyclic) bond motifs is 1. The molecule has 1 amide bonds. The molecule has 3 heterocycles. The van der Waals surface area contributed by atoms with E-state index in [2.05, 4.69) is 40.2 Å². The fourth-order valence-corrected chi connectivity index (χ4v) is 4.62. The van der Waals surface area contributed by atoms with E-state index in [1.807, 2.05) is 10.7 Å². The minimum absolute atomic E-state index is 0.0837. The van der Waals surface area contributed by atoms with Gasteiger partial charge in [0.05, 0.1) is 11.9 Å². The van der Waals surface area contributed by atoms with E-state index >= 15 is 0 Å². The van der Waals surface area contributed by atoms with Gasteiger partial charge in [0.15, 0.2) is 5.65 Å². The molecule has 2 aromatic heterocycles. The molecule has 6 nitrogen and oxygen atoms in total. The largest absolute Gasteiger partial charge is 0.352 e.